The van der Waals surface area contributed by atoms with Gasteiger partial charge >= 0.3 is 0 Å². The molecule has 0 unspecified atom stereocenters. The Hall–Kier alpha value is 0.420. The average Bonchev–Trinajstić information content (AvgIpc) is 2.21. The summed E-state index contributed by atoms with van der Waals surface area (Å²) in [5, 5.41) is 0. The van der Waals surface area contributed by atoms with Crippen LogP contribution in [0.3, 0.4) is 0 Å². The summed E-state index contributed by atoms with van der Waals surface area (Å²) in [6.45, 7) is 3.22. The van der Waals surface area contributed by atoms with Crippen molar-refractivity contribution in [2.24, 2.45) is 22.9 Å². The SMILES string of the molecule is Cl.Cl.NCCCCCN.NCCCCCN. The summed E-state index contributed by atoms with van der Waals surface area (Å²) in [5.74, 6) is 0. The molecule has 6 heteroatoms. The minimum atomic E-state index is 0. The Kier molecular flexibility index (Phi) is 46.7. The van der Waals surface area contributed by atoms with Gasteiger partial charge in [-0.05, 0) is 51.9 Å². The molecule has 8 N–H and O–H groups in total. The van der Waals surface area contributed by atoms with Crippen LogP contribution in [-0.4, -0.2) is 26.2 Å². The predicted molar refractivity (Wildman–Crippen MR) is 78.4 cm³/mol. The van der Waals surface area contributed by atoms with Gasteiger partial charge in [-0.25, -0.2) is 0 Å². The van der Waals surface area contributed by atoms with Crippen molar-refractivity contribution in [3.05, 3.63) is 0 Å². The van der Waals surface area contributed by atoms with Gasteiger partial charge < -0.3 is 22.9 Å². The number of hydrogen-bond acceptors (Lipinski definition) is 4. The molecule has 0 aliphatic carbocycles. The van der Waals surface area contributed by atoms with Crippen LogP contribution in [0.5, 0.6) is 0 Å². The minimum absolute atomic E-state index is 0. The topological polar surface area (TPSA) is 104 Å². The number of halogens is 2. The molecule has 0 aromatic heterocycles. The Morgan fingerprint density at radius 1 is 0.375 bits per heavy atom. The minimum Gasteiger partial charge on any atom is -0.330 e. The second-order valence-electron chi connectivity index (χ2n) is 3.28. The van der Waals surface area contributed by atoms with E-state index < -0.39 is 0 Å². The number of unbranched alkanes of at least 4 members (excludes halogenated alkanes) is 4. The van der Waals surface area contributed by atoms with Crippen LogP contribution in [-0.2, 0) is 0 Å². The maximum atomic E-state index is 5.23. The Balaban J connectivity index is -0.0000000800. The lowest BCUT2D eigenvalue weighted by atomic mass is 10.2. The first-order valence-corrected chi connectivity index (χ1v) is 5.63. The fourth-order valence-electron chi connectivity index (χ4n) is 0.931. The molecule has 0 heterocycles. The van der Waals surface area contributed by atoms with E-state index in [9.17, 15) is 0 Å². The Labute approximate surface area is 113 Å². The molecule has 0 aliphatic heterocycles. The molecule has 0 bridgehead atoms. The van der Waals surface area contributed by atoms with Crippen molar-refractivity contribution in [1.29, 1.82) is 0 Å². The third-order valence-electron chi connectivity index (χ3n) is 1.82. The number of nitrogens with two attached hydrogens (primary N) is 4. The van der Waals surface area contributed by atoms with Gasteiger partial charge in [0.05, 0.1) is 0 Å². The monoisotopic (exact) mass is 276 g/mol. The van der Waals surface area contributed by atoms with E-state index in [4.69, 9.17) is 22.9 Å². The molecule has 0 atom stereocenters. The van der Waals surface area contributed by atoms with Crippen molar-refractivity contribution in [3.63, 3.8) is 0 Å². The number of rotatable bonds is 8. The Morgan fingerprint density at radius 3 is 0.688 bits per heavy atom. The summed E-state index contributed by atoms with van der Waals surface area (Å²) in [5.41, 5.74) is 20.9. The molecule has 0 radical (unpaired) electrons. The molecule has 0 fully saturated rings. The summed E-state index contributed by atoms with van der Waals surface area (Å²) < 4.78 is 0. The van der Waals surface area contributed by atoms with Gasteiger partial charge in [-0.2, -0.15) is 0 Å². The van der Waals surface area contributed by atoms with Gasteiger partial charge in [0.2, 0.25) is 0 Å². The van der Waals surface area contributed by atoms with Crippen LogP contribution in [0.25, 0.3) is 0 Å². The lowest BCUT2D eigenvalue weighted by molar-refractivity contribution is 0.695. The second kappa shape index (κ2) is 29.5. The maximum Gasteiger partial charge on any atom is -0.00773 e. The molecular weight excluding hydrogens is 247 g/mol. The van der Waals surface area contributed by atoms with Crippen LogP contribution in [0, 0.1) is 0 Å². The van der Waals surface area contributed by atoms with E-state index in [0.717, 1.165) is 51.9 Å². The van der Waals surface area contributed by atoms with Crippen LogP contribution >= 0.6 is 24.8 Å². The second-order valence-corrected chi connectivity index (χ2v) is 3.28. The fraction of sp³-hybridized carbons (Fsp3) is 1.00. The molecule has 0 saturated heterocycles. The summed E-state index contributed by atoms with van der Waals surface area (Å²) in [6, 6.07) is 0. The summed E-state index contributed by atoms with van der Waals surface area (Å²) in [6.07, 6.45) is 6.86. The van der Waals surface area contributed by atoms with Crippen LogP contribution in [0.15, 0.2) is 0 Å². The molecule has 0 spiro atoms. The highest BCUT2D eigenvalue weighted by atomic mass is 35.5. The van der Waals surface area contributed by atoms with Crippen LogP contribution in [0.2, 0.25) is 0 Å². The molecule has 0 aliphatic rings. The lowest BCUT2D eigenvalue weighted by Gasteiger charge is -1.91. The van der Waals surface area contributed by atoms with E-state index in [-0.39, 0.29) is 24.8 Å². The Morgan fingerprint density at radius 2 is 0.562 bits per heavy atom. The van der Waals surface area contributed by atoms with Gasteiger partial charge in [0, 0.05) is 0 Å². The molecule has 104 valence electrons. The van der Waals surface area contributed by atoms with Gasteiger partial charge in [0.25, 0.3) is 0 Å². The first kappa shape index (κ1) is 25.3. The van der Waals surface area contributed by atoms with Crippen LogP contribution < -0.4 is 22.9 Å². The van der Waals surface area contributed by atoms with Gasteiger partial charge in [-0.3, -0.25) is 0 Å². The first-order valence-electron chi connectivity index (χ1n) is 5.63. The molecule has 0 aromatic carbocycles. The molecule has 16 heavy (non-hydrogen) atoms. The van der Waals surface area contributed by atoms with Crippen molar-refractivity contribution >= 4 is 24.8 Å². The van der Waals surface area contributed by atoms with E-state index in [0.29, 0.717) is 0 Å². The normalized spacial score (nSPS) is 8.25. The van der Waals surface area contributed by atoms with E-state index >= 15 is 0 Å². The Bertz CT molecular complexity index is 69.2. The highest BCUT2D eigenvalue weighted by Crippen LogP contribution is 1.88. The molecule has 0 rings (SSSR count). The van der Waals surface area contributed by atoms with Crippen molar-refractivity contribution in [3.8, 4) is 0 Å². The van der Waals surface area contributed by atoms with Crippen molar-refractivity contribution in [2.75, 3.05) is 26.2 Å². The van der Waals surface area contributed by atoms with Gasteiger partial charge in [-0.15, -0.1) is 24.8 Å². The van der Waals surface area contributed by atoms with Gasteiger partial charge in [-0.1, -0.05) is 12.8 Å². The smallest absolute Gasteiger partial charge is 0.00773 e. The summed E-state index contributed by atoms with van der Waals surface area (Å²) in [7, 11) is 0. The van der Waals surface area contributed by atoms with Crippen molar-refractivity contribution in [1.82, 2.24) is 0 Å². The molecule has 0 aromatic rings. The third kappa shape index (κ3) is 36.6. The third-order valence-corrected chi connectivity index (χ3v) is 1.82. The zero-order chi connectivity index (χ0) is 11.1. The number of hydrogen-bond donors (Lipinski definition) is 4. The maximum absolute atomic E-state index is 5.23. The predicted octanol–water partition coefficient (Wildman–Crippen LogP) is 0.992. The largest absolute Gasteiger partial charge is 0.330 e. The molecule has 0 saturated carbocycles. The van der Waals surface area contributed by atoms with E-state index in [2.05, 4.69) is 0 Å². The summed E-state index contributed by atoms with van der Waals surface area (Å²) in [4.78, 5) is 0. The van der Waals surface area contributed by atoms with Crippen LogP contribution in [0.1, 0.15) is 38.5 Å². The standard InChI is InChI=1S/2C5H14N2.2ClH/c2*6-4-2-1-3-5-7;;/h2*1-7H2;2*1H. The molecule has 4 nitrogen and oxygen atoms in total. The molecular formula is C10H30Cl2N4. The van der Waals surface area contributed by atoms with E-state index in [1.807, 2.05) is 0 Å². The van der Waals surface area contributed by atoms with E-state index in [1.165, 1.54) is 12.8 Å². The molecule has 0 amide bonds. The average molecular weight is 277 g/mol. The first-order chi connectivity index (χ1) is 6.83. The van der Waals surface area contributed by atoms with Crippen molar-refractivity contribution < 1.29 is 0 Å². The zero-order valence-electron chi connectivity index (χ0n) is 10.2. The quantitative estimate of drug-likeness (QED) is 0.497. The van der Waals surface area contributed by atoms with Crippen LogP contribution in [0.4, 0.5) is 0 Å². The van der Waals surface area contributed by atoms with Gasteiger partial charge in [0.15, 0.2) is 0 Å². The van der Waals surface area contributed by atoms with E-state index in [1.54, 1.807) is 0 Å². The zero-order valence-corrected chi connectivity index (χ0v) is 11.8. The highest BCUT2D eigenvalue weighted by molar-refractivity contribution is 5.85. The highest BCUT2D eigenvalue weighted by Gasteiger charge is 1.80. The fourth-order valence-corrected chi connectivity index (χ4v) is 0.931. The lowest BCUT2D eigenvalue weighted by Crippen LogP contribution is -2.02. The van der Waals surface area contributed by atoms with Gasteiger partial charge in [0.1, 0.15) is 0 Å². The summed E-state index contributed by atoms with van der Waals surface area (Å²) >= 11 is 0. The van der Waals surface area contributed by atoms with Crippen molar-refractivity contribution in [2.45, 2.75) is 38.5 Å².